The molecule has 2 aromatic carbocycles. The van der Waals surface area contributed by atoms with Crippen LogP contribution in [0.3, 0.4) is 0 Å². The minimum Gasteiger partial charge on any atom is -0.495 e. The lowest BCUT2D eigenvalue weighted by atomic mass is 10.1. The van der Waals surface area contributed by atoms with Crippen LogP contribution < -0.4 is 10.1 Å². The summed E-state index contributed by atoms with van der Waals surface area (Å²) in [6.45, 7) is 1.97. The van der Waals surface area contributed by atoms with Crippen LogP contribution in [0.5, 0.6) is 5.75 Å². The first kappa shape index (κ1) is 18.5. The molecule has 1 atom stereocenters. The predicted octanol–water partition coefficient (Wildman–Crippen LogP) is 3.80. The molecule has 144 valence electrons. The number of nitrogens with one attached hydrogen (secondary N) is 1. The predicted molar refractivity (Wildman–Crippen MR) is 107 cm³/mol. The maximum absolute atomic E-state index is 13.3. The van der Waals surface area contributed by atoms with E-state index in [0.29, 0.717) is 22.6 Å². The standard InChI is InChI=1S/C20H21N5O2S/c1-13-8-11-17(27-2)16(12-13)21-19(26)18(14-6-4-3-5-7-14)28-20-22-23-24-25(20)15-9-10-15/h3-8,11-12,15,18H,9-10H2,1-2H3,(H,21,26). The van der Waals surface area contributed by atoms with Gasteiger partial charge in [0.25, 0.3) is 0 Å². The fourth-order valence-corrected chi connectivity index (χ4v) is 3.98. The minimum absolute atomic E-state index is 0.148. The largest absolute Gasteiger partial charge is 0.495 e. The number of aromatic nitrogens is 4. The van der Waals surface area contributed by atoms with E-state index in [1.165, 1.54) is 11.8 Å². The zero-order valence-corrected chi connectivity index (χ0v) is 16.5. The number of hydrogen-bond acceptors (Lipinski definition) is 6. The van der Waals surface area contributed by atoms with Crippen LogP contribution in [0.1, 0.15) is 35.3 Å². The molecular formula is C20H21N5O2S. The van der Waals surface area contributed by atoms with Gasteiger partial charge in [-0.3, -0.25) is 4.79 Å². The van der Waals surface area contributed by atoms with Gasteiger partial charge < -0.3 is 10.1 Å². The number of nitrogens with zero attached hydrogens (tertiary/aromatic N) is 4. The summed E-state index contributed by atoms with van der Waals surface area (Å²) >= 11 is 1.36. The molecule has 1 fully saturated rings. The van der Waals surface area contributed by atoms with Crippen LogP contribution in [0.2, 0.25) is 0 Å². The summed E-state index contributed by atoms with van der Waals surface area (Å²) in [5.41, 5.74) is 2.58. The molecule has 1 aliphatic rings. The molecule has 0 saturated heterocycles. The number of ether oxygens (including phenoxy) is 1. The maximum Gasteiger partial charge on any atom is 0.242 e. The Bertz CT molecular complexity index is 972. The molecule has 1 N–H and O–H groups in total. The summed E-state index contributed by atoms with van der Waals surface area (Å²) in [5, 5.41) is 15.2. The Morgan fingerprint density at radius 1 is 1.25 bits per heavy atom. The second-order valence-corrected chi connectivity index (χ2v) is 7.81. The highest BCUT2D eigenvalue weighted by molar-refractivity contribution is 8.00. The fraction of sp³-hybridized carbons (Fsp3) is 0.300. The number of tetrazole rings is 1. The van der Waals surface area contributed by atoms with E-state index in [1.54, 1.807) is 7.11 Å². The van der Waals surface area contributed by atoms with Crippen molar-refractivity contribution < 1.29 is 9.53 Å². The lowest BCUT2D eigenvalue weighted by molar-refractivity contribution is -0.115. The van der Waals surface area contributed by atoms with Gasteiger partial charge in [0, 0.05) is 0 Å². The van der Waals surface area contributed by atoms with E-state index in [-0.39, 0.29) is 5.91 Å². The molecule has 1 unspecified atom stereocenters. The van der Waals surface area contributed by atoms with Gasteiger partial charge in [0.05, 0.1) is 18.8 Å². The molecule has 28 heavy (non-hydrogen) atoms. The number of rotatable bonds is 7. The number of methoxy groups -OCH3 is 1. The maximum atomic E-state index is 13.3. The Hall–Kier alpha value is -2.87. The second kappa shape index (κ2) is 8.02. The Balaban J connectivity index is 1.63. The van der Waals surface area contributed by atoms with Gasteiger partial charge in [-0.05, 0) is 53.5 Å². The highest BCUT2D eigenvalue weighted by Crippen LogP contribution is 2.41. The topological polar surface area (TPSA) is 81.9 Å². The smallest absolute Gasteiger partial charge is 0.242 e. The first-order valence-electron chi connectivity index (χ1n) is 9.10. The summed E-state index contributed by atoms with van der Waals surface area (Å²) in [6.07, 6.45) is 2.14. The molecule has 1 saturated carbocycles. The molecule has 4 rings (SSSR count). The molecule has 3 aromatic rings. The quantitative estimate of drug-likeness (QED) is 0.613. The van der Waals surface area contributed by atoms with Gasteiger partial charge in [0.2, 0.25) is 11.1 Å². The Labute approximate surface area is 167 Å². The van der Waals surface area contributed by atoms with Crippen LogP contribution in [0, 0.1) is 6.92 Å². The van der Waals surface area contributed by atoms with Gasteiger partial charge in [-0.15, -0.1) is 5.10 Å². The van der Waals surface area contributed by atoms with E-state index in [2.05, 4.69) is 20.8 Å². The molecule has 1 aliphatic carbocycles. The van der Waals surface area contributed by atoms with Gasteiger partial charge >= 0.3 is 0 Å². The van der Waals surface area contributed by atoms with Crippen LogP contribution in [0.15, 0.2) is 53.7 Å². The van der Waals surface area contributed by atoms with E-state index in [9.17, 15) is 4.79 Å². The van der Waals surface area contributed by atoms with E-state index >= 15 is 0 Å². The number of amides is 1. The number of carbonyl (C=O) groups excluding carboxylic acids is 1. The normalized spacial score (nSPS) is 14.5. The third-order valence-electron chi connectivity index (χ3n) is 4.53. The van der Waals surface area contributed by atoms with E-state index in [1.807, 2.05) is 60.1 Å². The lowest BCUT2D eigenvalue weighted by Crippen LogP contribution is -2.20. The Kier molecular flexibility index (Phi) is 5.29. The summed E-state index contributed by atoms with van der Waals surface area (Å²) in [5.74, 6) is 0.476. The zero-order chi connectivity index (χ0) is 19.5. The molecule has 8 heteroatoms. The number of carbonyl (C=O) groups is 1. The van der Waals surface area contributed by atoms with E-state index in [0.717, 1.165) is 24.0 Å². The minimum atomic E-state index is -0.491. The highest BCUT2D eigenvalue weighted by Gasteiger charge is 2.31. The lowest BCUT2D eigenvalue weighted by Gasteiger charge is -2.18. The Morgan fingerprint density at radius 3 is 2.75 bits per heavy atom. The SMILES string of the molecule is COc1ccc(C)cc1NC(=O)C(Sc1nnnn1C1CC1)c1ccccc1. The van der Waals surface area contributed by atoms with Crippen LogP contribution in [-0.4, -0.2) is 33.2 Å². The van der Waals surface area contributed by atoms with Crippen molar-refractivity contribution in [1.82, 2.24) is 20.2 Å². The number of aryl methyl sites for hydroxylation is 1. The molecular weight excluding hydrogens is 374 g/mol. The highest BCUT2D eigenvalue weighted by atomic mass is 32.2. The van der Waals surface area contributed by atoms with Crippen molar-refractivity contribution in [3.8, 4) is 5.75 Å². The molecule has 0 radical (unpaired) electrons. The molecule has 1 aromatic heterocycles. The second-order valence-electron chi connectivity index (χ2n) is 6.74. The zero-order valence-electron chi connectivity index (χ0n) is 15.7. The van der Waals surface area contributed by atoms with Crippen LogP contribution in [0.4, 0.5) is 5.69 Å². The van der Waals surface area contributed by atoms with E-state index in [4.69, 9.17) is 4.74 Å². The fourth-order valence-electron chi connectivity index (χ4n) is 2.94. The van der Waals surface area contributed by atoms with Gasteiger partial charge in [-0.1, -0.05) is 48.2 Å². The van der Waals surface area contributed by atoms with Crippen molar-refractivity contribution in [2.75, 3.05) is 12.4 Å². The van der Waals surface area contributed by atoms with Crippen molar-refractivity contribution in [2.45, 2.75) is 36.2 Å². The average Bonchev–Trinajstić information content (AvgIpc) is 3.45. The van der Waals surface area contributed by atoms with E-state index < -0.39 is 5.25 Å². The number of anilines is 1. The van der Waals surface area contributed by atoms with Gasteiger partial charge in [-0.25, -0.2) is 4.68 Å². The number of benzene rings is 2. The van der Waals surface area contributed by atoms with Crippen molar-refractivity contribution in [2.24, 2.45) is 0 Å². The summed E-state index contributed by atoms with van der Waals surface area (Å²) in [6, 6.07) is 15.7. The third kappa shape index (κ3) is 4.01. The summed E-state index contributed by atoms with van der Waals surface area (Å²) in [7, 11) is 1.59. The summed E-state index contributed by atoms with van der Waals surface area (Å²) < 4.78 is 7.21. The summed E-state index contributed by atoms with van der Waals surface area (Å²) in [4.78, 5) is 13.3. The molecule has 0 spiro atoms. The van der Waals surface area contributed by atoms with Crippen molar-refractivity contribution in [3.05, 3.63) is 59.7 Å². The van der Waals surface area contributed by atoms with Gasteiger partial charge in [0.15, 0.2) is 0 Å². The van der Waals surface area contributed by atoms with Gasteiger partial charge in [-0.2, -0.15) is 0 Å². The first-order valence-corrected chi connectivity index (χ1v) is 9.98. The molecule has 0 bridgehead atoms. The number of hydrogen-bond donors (Lipinski definition) is 1. The van der Waals surface area contributed by atoms with Crippen molar-refractivity contribution >= 4 is 23.4 Å². The first-order chi connectivity index (χ1) is 13.7. The van der Waals surface area contributed by atoms with Crippen molar-refractivity contribution in [3.63, 3.8) is 0 Å². The van der Waals surface area contributed by atoms with Crippen LogP contribution in [0.25, 0.3) is 0 Å². The monoisotopic (exact) mass is 395 g/mol. The van der Waals surface area contributed by atoms with Crippen LogP contribution >= 0.6 is 11.8 Å². The Morgan fingerprint density at radius 2 is 2.04 bits per heavy atom. The van der Waals surface area contributed by atoms with Crippen molar-refractivity contribution in [1.29, 1.82) is 0 Å². The number of thioether (sulfide) groups is 1. The van der Waals surface area contributed by atoms with Gasteiger partial charge in [0.1, 0.15) is 11.0 Å². The van der Waals surface area contributed by atoms with Crippen LogP contribution in [-0.2, 0) is 4.79 Å². The third-order valence-corrected chi connectivity index (χ3v) is 5.73. The molecule has 0 aliphatic heterocycles. The molecule has 1 amide bonds. The molecule has 7 nitrogen and oxygen atoms in total. The molecule has 1 heterocycles. The average molecular weight is 395 g/mol.